The standard InChI is InChI=1S/C8H8F3N3O/c1-4-2-6(13-3-5(4)12)14-7(15)8(9,10)11/h2-3H,12H2,1H3,(H,13,14,15). The topological polar surface area (TPSA) is 68.0 Å². The Morgan fingerprint density at radius 2 is 2.13 bits per heavy atom. The van der Waals surface area contributed by atoms with E-state index in [2.05, 4.69) is 4.98 Å². The maximum absolute atomic E-state index is 11.9. The quantitative estimate of drug-likeness (QED) is 0.751. The fourth-order valence-corrected chi connectivity index (χ4v) is 0.822. The molecule has 0 aliphatic heterocycles. The van der Waals surface area contributed by atoms with Crippen LogP contribution >= 0.6 is 0 Å². The van der Waals surface area contributed by atoms with Crippen LogP contribution in [0.25, 0.3) is 0 Å². The van der Waals surface area contributed by atoms with Gasteiger partial charge in [0.2, 0.25) is 0 Å². The highest BCUT2D eigenvalue weighted by molar-refractivity contribution is 5.94. The van der Waals surface area contributed by atoms with Gasteiger partial charge in [-0.2, -0.15) is 13.2 Å². The van der Waals surface area contributed by atoms with Crippen molar-refractivity contribution in [1.29, 1.82) is 0 Å². The van der Waals surface area contributed by atoms with E-state index in [0.29, 0.717) is 11.3 Å². The van der Waals surface area contributed by atoms with Crippen molar-refractivity contribution in [1.82, 2.24) is 4.98 Å². The number of carbonyl (C=O) groups excluding carboxylic acids is 1. The lowest BCUT2D eigenvalue weighted by atomic mass is 10.2. The normalized spacial score (nSPS) is 11.2. The molecule has 0 saturated carbocycles. The number of hydrogen-bond acceptors (Lipinski definition) is 3. The fourth-order valence-electron chi connectivity index (χ4n) is 0.822. The number of alkyl halides is 3. The van der Waals surface area contributed by atoms with Gasteiger partial charge in [-0.1, -0.05) is 0 Å². The lowest BCUT2D eigenvalue weighted by Gasteiger charge is -2.08. The Kier molecular flexibility index (Phi) is 2.83. The van der Waals surface area contributed by atoms with Crippen LogP contribution in [0.2, 0.25) is 0 Å². The second-order valence-corrected chi connectivity index (χ2v) is 2.88. The molecule has 0 unspecified atom stereocenters. The molecule has 1 aromatic rings. The summed E-state index contributed by atoms with van der Waals surface area (Å²) in [6, 6.07) is 1.26. The summed E-state index contributed by atoms with van der Waals surface area (Å²) >= 11 is 0. The minimum atomic E-state index is -4.92. The first kappa shape index (κ1) is 11.3. The number of nitrogen functional groups attached to an aromatic ring is 1. The molecular formula is C8H8F3N3O. The molecule has 7 heteroatoms. The Morgan fingerprint density at radius 3 is 2.60 bits per heavy atom. The Balaban J connectivity index is 2.83. The monoisotopic (exact) mass is 219 g/mol. The first-order valence-corrected chi connectivity index (χ1v) is 3.91. The first-order valence-electron chi connectivity index (χ1n) is 3.91. The summed E-state index contributed by atoms with van der Waals surface area (Å²) in [6.45, 7) is 1.60. The molecule has 0 aliphatic carbocycles. The van der Waals surface area contributed by atoms with E-state index in [0.717, 1.165) is 0 Å². The van der Waals surface area contributed by atoms with E-state index in [4.69, 9.17) is 5.73 Å². The third kappa shape index (κ3) is 2.83. The highest BCUT2D eigenvalue weighted by Crippen LogP contribution is 2.18. The summed E-state index contributed by atoms with van der Waals surface area (Å²) < 4.78 is 35.6. The van der Waals surface area contributed by atoms with Crippen LogP contribution in [0.5, 0.6) is 0 Å². The van der Waals surface area contributed by atoms with Crippen molar-refractivity contribution in [3.8, 4) is 0 Å². The van der Waals surface area contributed by atoms with Crippen LogP contribution in [-0.2, 0) is 4.79 Å². The third-order valence-electron chi connectivity index (χ3n) is 1.65. The van der Waals surface area contributed by atoms with Crippen LogP contribution in [0.1, 0.15) is 5.56 Å². The summed E-state index contributed by atoms with van der Waals surface area (Å²) in [5.41, 5.74) is 6.30. The summed E-state index contributed by atoms with van der Waals surface area (Å²) in [4.78, 5) is 14.1. The van der Waals surface area contributed by atoms with Crippen LogP contribution < -0.4 is 11.1 Å². The van der Waals surface area contributed by atoms with Crippen LogP contribution in [-0.4, -0.2) is 17.1 Å². The van der Waals surface area contributed by atoms with Crippen molar-refractivity contribution in [2.75, 3.05) is 11.1 Å². The van der Waals surface area contributed by atoms with Crippen LogP contribution in [0.15, 0.2) is 12.3 Å². The minimum absolute atomic E-state index is 0.177. The predicted octanol–water partition coefficient (Wildman–Crippen LogP) is 1.47. The first-order chi connectivity index (χ1) is 6.80. The van der Waals surface area contributed by atoms with Gasteiger partial charge in [-0.05, 0) is 18.6 Å². The lowest BCUT2D eigenvalue weighted by molar-refractivity contribution is -0.167. The zero-order chi connectivity index (χ0) is 11.6. The largest absolute Gasteiger partial charge is 0.471 e. The van der Waals surface area contributed by atoms with Gasteiger partial charge < -0.3 is 11.1 Å². The zero-order valence-electron chi connectivity index (χ0n) is 7.72. The summed E-state index contributed by atoms with van der Waals surface area (Å²) in [7, 11) is 0. The molecule has 1 aromatic heterocycles. The Labute approximate surface area is 83.3 Å². The number of aryl methyl sites for hydroxylation is 1. The molecule has 0 aromatic carbocycles. The highest BCUT2D eigenvalue weighted by Gasteiger charge is 2.38. The minimum Gasteiger partial charge on any atom is -0.397 e. The van der Waals surface area contributed by atoms with E-state index in [1.54, 1.807) is 12.2 Å². The number of nitrogens with one attached hydrogen (secondary N) is 1. The number of nitrogens with two attached hydrogens (primary N) is 1. The number of pyridine rings is 1. The molecular weight excluding hydrogens is 211 g/mol. The molecule has 1 amide bonds. The van der Waals surface area contributed by atoms with Gasteiger partial charge in [0.15, 0.2) is 0 Å². The molecule has 1 heterocycles. The van der Waals surface area contributed by atoms with Crippen molar-refractivity contribution < 1.29 is 18.0 Å². The molecule has 82 valence electrons. The summed E-state index contributed by atoms with van der Waals surface area (Å²) in [5.74, 6) is -2.23. The molecule has 0 atom stereocenters. The molecule has 0 saturated heterocycles. The molecule has 0 bridgehead atoms. The number of carbonyl (C=O) groups is 1. The average molecular weight is 219 g/mol. The number of nitrogens with zero attached hydrogens (tertiary/aromatic N) is 1. The SMILES string of the molecule is Cc1cc(NC(=O)C(F)(F)F)ncc1N. The van der Waals surface area contributed by atoms with E-state index in [1.807, 2.05) is 0 Å². The maximum atomic E-state index is 11.9. The summed E-state index contributed by atoms with van der Waals surface area (Å²) in [6.07, 6.45) is -3.74. The van der Waals surface area contributed by atoms with E-state index in [9.17, 15) is 18.0 Å². The van der Waals surface area contributed by atoms with Crippen LogP contribution in [0.3, 0.4) is 0 Å². The molecule has 0 spiro atoms. The van der Waals surface area contributed by atoms with Gasteiger partial charge in [0.25, 0.3) is 0 Å². The number of anilines is 2. The predicted molar refractivity (Wildman–Crippen MR) is 48.1 cm³/mol. The van der Waals surface area contributed by atoms with Crippen molar-refractivity contribution in [2.24, 2.45) is 0 Å². The smallest absolute Gasteiger partial charge is 0.397 e. The van der Waals surface area contributed by atoms with E-state index >= 15 is 0 Å². The highest BCUT2D eigenvalue weighted by atomic mass is 19.4. The van der Waals surface area contributed by atoms with Gasteiger partial charge in [0, 0.05) is 0 Å². The second kappa shape index (κ2) is 3.76. The lowest BCUT2D eigenvalue weighted by Crippen LogP contribution is -2.30. The van der Waals surface area contributed by atoms with Crippen molar-refractivity contribution in [3.63, 3.8) is 0 Å². The molecule has 1 rings (SSSR count). The maximum Gasteiger partial charge on any atom is 0.471 e. The van der Waals surface area contributed by atoms with Crippen LogP contribution in [0, 0.1) is 6.92 Å². The Morgan fingerprint density at radius 1 is 1.53 bits per heavy atom. The Bertz CT molecular complexity index is 389. The van der Waals surface area contributed by atoms with Gasteiger partial charge in [0.1, 0.15) is 5.82 Å². The molecule has 4 nitrogen and oxygen atoms in total. The zero-order valence-corrected chi connectivity index (χ0v) is 7.72. The summed E-state index contributed by atoms with van der Waals surface area (Å²) in [5, 5.41) is 1.62. The van der Waals surface area contributed by atoms with Gasteiger partial charge in [0.05, 0.1) is 11.9 Å². The molecule has 0 radical (unpaired) electrons. The van der Waals surface area contributed by atoms with E-state index in [1.165, 1.54) is 12.3 Å². The van der Waals surface area contributed by atoms with Gasteiger partial charge in [-0.25, -0.2) is 4.98 Å². The number of amides is 1. The van der Waals surface area contributed by atoms with E-state index in [-0.39, 0.29) is 5.82 Å². The van der Waals surface area contributed by atoms with Crippen LogP contribution in [0.4, 0.5) is 24.7 Å². The average Bonchev–Trinajstić information content (AvgIpc) is 2.10. The number of aromatic nitrogens is 1. The Hall–Kier alpha value is -1.79. The molecule has 3 N–H and O–H groups in total. The van der Waals surface area contributed by atoms with Gasteiger partial charge in [-0.3, -0.25) is 4.79 Å². The van der Waals surface area contributed by atoms with Gasteiger partial charge >= 0.3 is 12.1 Å². The second-order valence-electron chi connectivity index (χ2n) is 2.88. The molecule has 0 fully saturated rings. The molecule has 0 aliphatic rings. The molecule has 15 heavy (non-hydrogen) atoms. The van der Waals surface area contributed by atoms with E-state index < -0.39 is 12.1 Å². The number of hydrogen-bond donors (Lipinski definition) is 2. The third-order valence-corrected chi connectivity index (χ3v) is 1.65. The fraction of sp³-hybridized carbons (Fsp3) is 0.250. The van der Waals surface area contributed by atoms with Crippen molar-refractivity contribution >= 4 is 17.4 Å². The number of halogens is 3. The number of rotatable bonds is 1. The van der Waals surface area contributed by atoms with Gasteiger partial charge in [-0.15, -0.1) is 0 Å². The van der Waals surface area contributed by atoms with Crippen molar-refractivity contribution in [3.05, 3.63) is 17.8 Å². The van der Waals surface area contributed by atoms with Crippen molar-refractivity contribution in [2.45, 2.75) is 13.1 Å².